The zero-order valence-corrected chi connectivity index (χ0v) is 7.75. The predicted molar refractivity (Wildman–Crippen MR) is 50.7 cm³/mol. The summed E-state index contributed by atoms with van der Waals surface area (Å²) in [5.74, 6) is 1.50. The molecule has 2 heterocycles. The summed E-state index contributed by atoms with van der Waals surface area (Å²) in [4.78, 5) is 12.2. The Morgan fingerprint density at radius 2 is 2.07 bits per heavy atom. The number of rotatable bonds is 2. The molecule has 0 atom stereocenters. The summed E-state index contributed by atoms with van der Waals surface area (Å²) in [7, 11) is 0. The van der Waals surface area contributed by atoms with E-state index < -0.39 is 0 Å². The van der Waals surface area contributed by atoms with Crippen LogP contribution in [0.2, 0.25) is 0 Å². The van der Waals surface area contributed by atoms with Crippen LogP contribution < -0.4 is 5.73 Å². The van der Waals surface area contributed by atoms with Gasteiger partial charge in [-0.25, -0.2) is 9.97 Å². The van der Waals surface area contributed by atoms with Crippen molar-refractivity contribution in [3.05, 3.63) is 24.3 Å². The molecule has 0 radical (unpaired) electrons. The summed E-state index contributed by atoms with van der Waals surface area (Å²) in [6.45, 7) is 1.98. The molecule has 72 valence electrons. The average molecular weight is 190 g/mol. The third kappa shape index (κ3) is 1.41. The molecule has 2 N–H and O–H groups in total. The molecule has 0 aliphatic carbocycles. The van der Waals surface area contributed by atoms with E-state index in [2.05, 4.69) is 20.1 Å². The number of hydrogen-bond acceptors (Lipinski definition) is 5. The van der Waals surface area contributed by atoms with Crippen molar-refractivity contribution < 1.29 is 0 Å². The van der Waals surface area contributed by atoms with Gasteiger partial charge in [0.25, 0.3) is 5.95 Å². The van der Waals surface area contributed by atoms with E-state index in [-0.39, 0.29) is 5.95 Å². The fourth-order valence-corrected chi connectivity index (χ4v) is 1.15. The van der Waals surface area contributed by atoms with Gasteiger partial charge in [-0.15, -0.1) is 5.10 Å². The topological polar surface area (TPSA) is 82.5 Å². The second-order valence-electron chi connectivity index (χ2n) is 2.70. The zero-order chi connectivity index (χ0) is 9.97. The van der Waals surface area contributed by atoms with E-state index in [1.165, 1.54) is 0 Å². The lowest BCUT2D eigenvalue weighted by molar-refractivity contribution is 0.752. The van der Waals surface area contributed by atoms with Gasteiger partial charge in [-0.05, 0) is 6.07 Å². The molecule has 0 aliphatic heterocycles. The summed E-state index contributed by atoms with van der Waals surface area (Å²) in [5.41, 5.74) is 5.49. The Morgan fingerprint density at radius 1 is 1.36 bits per heavy atom. The van der Waals surface area contributed by atoms with Crippen molar-refractivity contribution in [2.45, 2.75) is 13.3 Å². The first-order chi connectivity index (χ1) is 6.81. The molecule has 0 fully saturated rings. The smallest absolute Gasteiger partial charge is 0.252 e. The Balaban J connectivity index is 2.51. The molecule has 2 aromatic heterocycles. The molecule has 6 nitrogen and oxygen atoms in total. The number of nitrogens with two attached hydrogens (primary N) is 1. The SMILES string of the molecule is CCc1nc(N)nn1-c1ncccn1. The standard InChI is InChI=1S/C8H10N6/c1-2-6-12-7(9)13-14(6)8-10-4-3-5-11-8/h3-5H,2H2,1H3,(H2,9,13). The van der Waals surface area contributed by atoms with Crippen LogP contribution >= 0.6 is 0 Å². The van der Waals surface area contributed by atoms with E-state index in [1.807, 2.05) is 6.92 Å². The van der Waals surface area contributed by atoms with Crippen molar-refractivity contribution in [3.8, 4) is 5.95 Å². The number of hydrogen-bond donors (Lipinski definition) is 1. The van der Waals surface area contributed by atoms with Crippen LogP contribution in [0.3, 0.4) is 0 Å². The number of anilines is 1. The maximum atomic E-state index is 5.49. The minimum absolute atomic E-state index is 0.245. The first-order valence-electron chi connectivity index (χ1n) is 4.30. The Kier molecular flexibility index (Phi) is 2.10. The molecule has 2 aromatic rings. The van der Waals surface area contributed by atoms with Gasteiger partial charge in [-0.2, -0.15) is 9.67 Å². The normalized spacial score (nSPS) is 10.4. The maximum absolute atomic E-state index is 5.49. The van der Waals surface area contributed by atoms with Crippen LogP contribution in [0, 0.1) is 0 Å². The fraction of sp³-hybridized carbons (Fsp3) is 0.250. The van der Waals surface area contributed by atoms with Crippen LogP contribution in [0.25, 0.3) is 5.95 Å². The lowest BCUT2D eigenvalue weighted by Crippen LogP contribution is -2.06. The Hall–Kier alpha value is -1.98. The van der Waals surface area contributed by atoms with E-state index in [9.17, 15) is 0 Å². The minimum Gasteiger partial charge on any atom is -0.366 e. The van der Waals surface area contributed by atoms with E-state index in [1.54, 1.807) is 23.1 Å². The molecule has 14 heavy (non-hydrogen) atoms. The lowest BCUT2D eigenvalue weighted by Gasteiger charge is -1.99. The van der Waals surface area contributed by atoms with Gasteiger partial charge in [0.15, 0.2) is 0 Å². The summed E-state index contributed by atoms with van der Waals surface area (Å²) >= 11 is 0. The number of nitrogens with zero attached hydrogens (tertiary/aromatic N) is 5. The maximum Gasteiger partial charge on any atom is 0.252 e. The number of aryl methyl sites for hydroxylation is 1. The monoisotopic (exact) mass is 190 g/mol. The molecular weight excluding hydrogens is 180 g/mol. The summed E-state index contributed by atoms with van der Waals surface area (Å²) in [6, 6.07) is 1.75. The van der Waals surface area contributed by atoms with Crippen molar-refractivity contribution in [3.63, 3.8) is 0 Å². The molecule has 0 saturated heterocycles. The highest BCUT2D eigenvalue weighted by molar-refractivity contribution is 5.20. The van der Waals surface area contributed by atoms with Crippen molar-refractivity contribution in [1.82, 2.24) is 24.7 Å². The second-order valence-corrected chi connectivity index (χ2v) is 2.70. The van der Waals surface area contributed by atoms with Crippen molar-refractivity contribution in [1.29, 1.82) is 0 Å². The van der Waals surface area contributed by atoms with Gasteiger partial charge in [0, 0.05) is 18.8 Å². The summed E-state index contributed by atoms with van der Waals surface area (Å²) in [6.07, 6.45) is 4.04. The second kappa shape index (κ2) is 3.41. The van der Waals surface area contributed by atoms with Crippen LogP contribution in [0.15, 0.2) is 18.5 Å². The highest BCUT2D eigenvalue weighted by Gasteiger charge is 2.08. The van der Waals surface area contributed by atoms with Gasteiger partial charge in [-0.3, -0.25) is 0 Å². The Labute approximate surface area is 80.8 Å². The molecule has 0 spiro atoms. The highest BCUT2D eigenvalue weighted by atomic mass is 15.4. The van der Waals surface area contributed by atoms with Crippen molar-refractivity contribution in [2.75, 3.05) is 5.73 Å². The zero-order valence-electron chi connectivity index (χ0n) is 7.75. The van der Waals surface area contributed by atoms with Gasteiger partial charge in [0.1, 0.15) is 5.82 Å². The van der Waals surface area contributed by atoms with Crippen LogP contribution in [0.5, 0.6) is 0 Å². The Morgan fingerprint density at radius 3 is 2.71 bits per heavy atom. The van der Waals surface area contributed by atoms with Crippen LogP contribution in [0.4, 0.5) is 5.95 Å². The van der Waals surface area contributed by atoms with Crippen LogP contribution in [-0.4, -0.2) is 24.7 Å². The van der Waals surface area contributed by atoms with Gasteiger partial charge in [-0.1, -0.05) is 6.92 Å². The van der Waals surface area contributed by atoms with Crippen LogP contribution in [-0.2, 0) is 6.42 Å². The molecule has 0 saturated carbocycles. The van der Waals surface area contributed by atoms with Gasteiger partial charge >= 0.3 is 0 Å². The molecule has 0 bridgehead atoms. The summed E-state index contributed by atoms with van der Waals surface area (Å²) < 4.78 is 1.55. The molecule has 0 aromatic carbocycles. The molecular formula is C8H10N6. The Bertz CT molecular complexity index is 421. The quantitative estimate of drug-likeness (QED) is 0.731. The predicted octanol–water partition coefficient (Wildman–Crippen LogP) is 0.202. The molecule has 0 aliphatic rings. The van der Waals surface area contributed by atoms with Crippen molar-refractivity contribution >= 4 is 5.95 Å². The molecule has 0 amide bonds. The van der Waals surface area contributed by atoms with Gasteiger partial charge in [0.2, 0.25) is 5.95 Å². The molecule has 2 rings (SSSR count). The molecule has 0 unspecified atom stereocenters. The minimum atomic E-state index is 0.245. The third-order valence-electron chi connectivity index (χ3n) is 1.75. The number of aromatic nitrogens is 5. The molecule has 6 heteroatoms. The lowest BCUT2D eigenvalue weighted by atomic mass is 10.4. The average Bonchev–Trinajstić information content (AvgIpc) is 2.61. The van der Waals surface area contributed by atoms with Crippen LogP contribution in [0.1, 0.15) is 12.7 Å². The first kappa shape index (κ1) is 8.61. The van der Waals surface area contributed by atoms with E-state index in [4.69, 9.17) is 5.73 Å². The van der Waals surface area contributed by atoms with Gasteiger partial charge < -0.3 is 5.73 Å². The summed E-state index contributed by atoms with van der Waals surface area (Å²) in [5, 5.41) is 4.01. The van der Waals surface area contributed by atoms with Gasteiger partial charge in [0.05, 0.1) is 0 Å². The number of nitrogen functional groups attached to an aromatic ring is 1. The van der Waals surface area contributed by atoms with E-state index in [0.717, 1.165) is 12.2 Å². The van der Waals surface area contributed by atoms with E-state index in [0.29, 0.717) is 5.95 Å². The van der Waals surface area contributed by atoms with E-state index >= 15 is 0 Å². The van der Waals surface area contributed by atoms with Crippen molar-refractivity contribution in [2.24, 2.45) is 0 Å². The third-order valence-corrected chi connectivity index (χ3v) is 1.75. The first-order valence-corrected chi connectivity index (χ1v) is 4.30. The highest BCUT2D eigenvalue weighted by Crippen LogP contribution is 2.05. The largest absolute Gasteiger partial charge is 0.366 e. The fourth-order valence-electron chi connectivity index (χ4n) is 1.15.